The second-order valence-corrected chi connectivity index (χ2v) is 6.61. The zero-order valence-corrected chi connectivity index (χ0v) is 15.3. The van der Waals surface area contributed by atoms with E-state index < -0.39 is 29.6 Å². The molecule has 0 saturated carbocycles. The molecule has 0 aliphatic carbocycles. The van der Waals surface area contributed by atoms with Crippen LogP contribution < -0.4 is 15.4 Å². The normalized spacial score (nSPS) is 18.3. The number of aromatic nitrogens is 2. The molecule has 2 amide bonds. The molecule has 1 aliphatic heterocycles. The maximum atomic E-state index is 12.6. The van der Waals surface area contributed by atoms with Crippen molar-refractivity contribution in [3.63, 3.8) is 0 Å². The Labute approximate surface area is 166 Å². The summed E-state index contributed by atoms with van der Waals surface area (Å²) in [7, 11) is 0. The van der Waals surface area contributed by atoms with E-state index in [-0.39, 0.29) is 6.42 Å². The largest absolute Gasteiger partial charge is 0.457 e. The number of Topliss-reactive ketones (excluding diaryl/α,β-unsaturated/α-hetero) is 1. The molecule has 8 heteroatoms. The quantitative estimate of drug-likeness (QED) is 0.558. The molecular weight excluding hydrogens is 372 g/mol. The third-order valence-corrected chi connectivity index (χ3v) is 4.53. The Hall–Kier alpha value is -3.94. The number of hydrogen-bond acceptors (Lipinski definition) is 5. The van der Waals surface area contributed by atoms with Gasteiger partial charge < -0.3 is 20.4 Å². The Morgan fingerprint density at radius 2 is 1.86 bits per heavy atom. The third-order valence-electron chi connectivity index (χ3n) is 4.53. The SMILES string of the molecule is O=C(Nc1cccc(Oc2ccccc2)c1)C1C(=O)NC(Cc2cnc[nH]2)C1=O. The van der Waals surface area contributed by atoms with Gasteiger partial charge in [0.25, 0.3) is 0 Å². The molecule has 1 aliphatic rings. The highest BCUT2D eigenvalue weighted by Gasteiger charge is 2.45. The topological polar surface area (TPSA) is 113 Å². The number of H-pyrrole nitrogens is 1. The van der Waals surface area contributed by atoms with Crippen LogP contribution in [-0.2, 0) is 20.8 Å². The summed E-state index contributed by atoms with van der Waals surface area (Å²) in [4.78, 5) is 44.2. The molecule has 0 spiro atoms. The number of hydrogen-bond donors (Lipinski definition) is 3. The van der Waals surface area contributed by atoms with Crippen LogP contribution >= 0.6 is 0 Å². The van der Waals surface area contributed by atoms with E-state index in [4.69, 9.17) is 4.74 Å². The van der Waals surface area contributed by atoms with E-state index in [1.807, 2.05) is 30.3 Å². The van der Waals surface area contributed by atoms with Crippen LogP contribution in [-0.4, -0.2) is 33.6 Å². The number of carbonyl (C=O) groups excluding carboxylic acids is 3. The Morgan fingerprint density at radius 1 is 1.07 bits per heavy atom. The van der Waals surface area contributed by atoms with E-state index in [0.717, 1.165) is 0 Å². The lowest BCUT2D eigenvalue weighted by Crippen LogP contribution is -2.33. The summed E-state index contributed by atoms with van der Waals surface area (Å²) < 4.78 is 5.74. The van der Waals surface area contributed by atoms with Crippen molar-refractivity contribution in [2.45, 2.75) is 12.5 Å². The molecule has 1 fully saturated rings. The van der Waals surface area contributed by atoms with E-state index in [0.29, 0.717) is 22.9 Å². The molecule has 29 heavy (non-hydrogen) atoms. The first-order valence-corrected chi connectivity index (χ1v) is 9.05. The number of rotatable bonds is 6. The van der Waals surface area contributed by atoms with Gasteiger partial charge in [-0.05, 0) is 24.3 Å². The van der Waals surface area contributed by atoms with Gasteiger partial charge in [0.1, 0.15) is 11.5 Å². The van der Waals surface area contributed by atoms with Gasteiger partial charge in [-0.25, -0.2) is 4.98 Å². The summed E-state index contributed by atoms with van der Waals surface area (Å²) in [5, 5.41) is 5.21. The first-order chi connectivity index (χ1) is 14.1. The highest BCUT2D eigenvalue weighted by Crippen LogP contribution is 2.25. The molecule has 2 unspecified atom stereocenters. The molecule has 2 atom stereocenters. The number of ketones is 1. The number of carbonyl (C=O) groups is 3. The van der Waals surface area contributed by atoms with E-state index in [1.165, 1.54) is 6.33 Å². The maximum absolute atomic E-state index is 12.6. The van der Waals surface area contributed by atoms with E-state index in [9.17, 15) is 14.4 Å². The number of benzene rings is 2. The van der Waals surface area contributed by atoms with Crippen LogP contribution in [0.3, 0.4) is 0 Å². The van der Waals surface area contributed by atoms with Gasteiger partial charge in [-0.2, -0.15) is 0 Å². The van der Waals surface area contributed by atoms with E-state index in [1.54, 1.807) is 30.5 Å². The van der Waals surface area contributed by atoms with Gasteiger partial charge in [-0.1, -0.05) is 24.3 Å². The van der Waals surface area contributed by atoms with Crippen molar-refractivity contribution in [1.82, 2.24) is 15.3 Å². The molecule has 3 aromatic rings. The van der Waals surface area contributed by atoms with Crippen LogP contribution in [0.25, 0.3) is 0 Å². The monoisotopic (exact) mass is 390 g/mol. The number of amides is 2. The van der Waals surface area contributed by atoms with Crippen molar-refractivity contribution in [3.05, 3.63) is 72.8 Å². The molecule has 0 radical (unpaired) electrons. The number of anilines is 1. The molecule has 0 bridgehead atoms. The fourth-order valence-electron chi connectivity index (χ4n) is 3.15. The Bertz CT molecular complexity index is 1030. The summed E-state index contributed by atoms with van der Waals surface area (Å²) >= 11 is 0. The molecule has 8 nitrogen and oxygen atoms in total. The lowest BCUT2D eigenvalue weighted by Gasteiger charge is -2.11. The third kappa shape index (κ3) is 4.16. The van der Waals surface area contributed by atoms with E-state index >= 15 is 0 Å². The van der Waals surface area contributed by atoms with Gasteiger partial charge in [0, 0.05) is 30.1 Å². The van der Waals surface area contributed by atoms with Crippen LogP contribution in [0.5, 0.6) is 11.5 Å². The highest BCUT2D eigenvalue weighted by molar-refractivity contribution is 6.26. The molecule has 4 rings (SSSR count). The number of para-hydroxylation sites is 1. The molecule has 3 N–H and O–H groups in total. The van der Waals surface area contributed by atoms with Crippen LogP contribution in [0.15, 0.2) is 67.1 Å². The van der Waals surface area contributed by atoms with Gasteiger partial charge in [0.15, 0.2) is 11.7 Å². The smallest absolute Gasteiger partial charge is 0.244 e. The fourth-order valence-corrected chi connectivity index (χ4v) is 3.15. The van der Waals surface area contributed by atoms with Gasteiger partial charge in [-0.15, -0.1) is 0 Å². The Kier molecular flexibility index (Phi) is 5.07. The van der Waals surface area contributed by atoms with Crippen LogP contribution in [0.4, 0.5) is 5.69 Å². The van der Waals surface area contributed by atoms with Crippen LogP contribution in [0.1, 0.15) is 5.69 Å². The standard InChI is InChI=1S/C21H18N4O4/c26-19-17(10-14-11-22-12-23-14)25-21(28)18(19)20(27)24-13-5-4-8-16(9-13)29-15-6-2-1-3-7-15/h1-9,11-12,17-18H,10H2,(H,22,23)(H,24,27)(H,25,28). The zero-order chi connectivity index (χ0) is 20.2. The minimum atomic E-state index is -1.39. The van der Waals surface area contributed by atoms with Crippen molar-refractivity contribution in [3.8, 4) is 11.5 Å². The molecule has 146 valence electrons. The first kappa shape index (κ1) is 18.4. The number of imidazole rings is 1. The summed E-state index contributed by atoms with van der Waals surface area (Å²) in [6.07, 6.45) is 3.32. The van der Waals surface area contributed by atoms with Crippen LogP contribution in [0, 0.1) is 5.92 Å². The number of aromatic amines is 1. The van der Waals surface area contributed by atoms with Crippen molar-refractivity contribution < 1.29 is 19.1 Å². The van der Waals surface area contributed by atoms with E-state index in [2.05, 4.69) is 20.6 Å². The average Bonchev–Trinajstić information content (AvgIpc) is 3.31. The van der Waals surface area contributed by atoms with Gasteiger partial charge in [0.05, 0.1) is 12.4 Å². The Morgan fingerprint density at radius 3 is 2.62 bits per heavy atom. The molecule has 1 saturated heterocycles. The molecule has 2 aromatic carbocycles. The van der Waals surface area contributed by atoms with Crippen molar-refractivity contribution in [1.29, 1.82) is 0 Å². The van der Waals surface area contributed by atoms with Crippen LogP contribution in [0.2, 0.25) is 0 Å². The summed E-state index contributed by atoms with van der Waals surface area (Å²) in [6, 6.07) is 15.2. The minimum Gasteiger partial charge on any atom is -0.457 e. The molecule has 1 aromatic heterocycles. The number of nitrogens with one attached hydrogen (secondary N) is 3. The zero-order valence-electron chi connectivity index (χ0n) is 15.3. The molecular formula is C21H18N4O4. The average molecular weight is 390 g/mol. The van der Waals surface area contributed by atoms with Crippen molar-refractivity contribution in [2.75, 3.05) is 5.32 Å². The second-order valence-electron chi connectivity index (χ2n) is 6.61. The summed E-state index contributed by atoms with van der Waals surface area (Å²) in [5.41, 5.74) is 1.14. The number of ether oxygens (including phenoxy) is 1. The predicted octanol–water partition coefficient (Wildman–Crippen LogP) is 2.07. The maximum Gasteiger partial charge on any atom is 0.244 e. The van der Waals surface area contributed by atoms with Crippen molar-refractivity contribution >= 4 is 23.3 Å². The number of nitrogens with zero attached hydrogens (tertiary/aromatic N) is 1. The van der Waals surface area contributed by atoms with Crippen molar-refractivity contribution in [2.24, 2.45) is 5.92 Å². The lowest BCUT2D eigenvalue weighted by atomic mass is 9.99. The van der Waals surface area contributed by atoms with Gasteiger partial charge in [0.2, 0.25) is 11.8 Å². The minimum absolute atomic E-state index is 0.259. The lowest BCUT2D eigenvalue weighted by molar-refractivity contribution is -0.135. The summed E-state index contributed by atoms with van der Waals surface area (Å²) in [5.74, 6) is -1.94. The first-order valence-electron chi connectivity index (χ1n) is 9.05. The van der Waals surface area contributed by atoms with Gasteiger partial charge in [-0.3, -0.25) is 14.4 Å². The van der Waals surface area contributed by atoms with Gasteiger partial charge >= 0.3 is 0 Å². The summed E-state index contributed by atoms with van der Waals surface area (Å²) in [6.45, 7) is 0. The Balaban J connectivity index is 1.43. The molecule has 2 heterocycles. The second kappa shape index (κ2) is 7.97. The fraction of sp³-hybridized carbons (Fsp3) is 0.143. The highest BCUT2D eigenvalue weighted by atomic mass is 16.5. The predicted molar refractivity (Wildman–Crippen MR) is 104 cm³/mol.